The molecule has 0 aliphatic carbocycles. The Labute approximate surface area is 167 Å². The standard InChI is InChI=1S/C20H30N2O3S2/c1-2-3-4-5-6-7-8-9-10-11-17-27(23,24)25-22-19(18-21)14-15-20-13-12-16-26-20/h12-13,15-16,22H,2-11,17H2,1H3. The molecule has 0 amide bonds. The van der Waals surface area contributed by atoms with E-state index in [1.54, 1.807) is 6.08 Å². The van der Waals surface area contributed by atoms with E-state index in [9.17, 15) is 8.42 Å². The van der Waals surface area contributed by atoms with Crippen LogP contribution >= 0.6 is 11.3 Å². The van der Waals surface area contributed by atoms with Gasteiger partial charge in [0.1, 0.15) is 6.07 Å². The van der Waals surface area contributed by atoms with Gasteiger partial charge in [0.15, 0.2) is 5.70 Å². The summed E-state index contributed by atoms with van der Waals surface area (Å²) in [6.07, 6.45) is 12.9. The van der Waals surface area contributed by atoms with Crippen LogP contribution in [0.5, 0.6) is 0 Å². The van der Waals surface area contributed by atoms with Crippen molar-refractivity contribution in [3.8, 4) is 6.07 Å². The van der Waals surface area contributed by atoms with Gasteiger partial charge in [-0.15, -0.1) is 15.6 Å². The number of nitrogens with zero attached hydrogens (tertiary/aromatic N) is 1. The van der Waals surface area contributed by atoms with E-state index in [2.05, 4.69) is 18.1 Å². The lowest BCUT2D eigenvalue weighted by atomic mass is 10.1. The smallest absolute Gasteiger partial charge is 0.231 e. The Hall–Kier alpha value is -1.58. The molecule has 0 unspecified atom stereocenters. The first kappa shape index (κ1) is 23.5. The molecule has 27 heavy (non-hydrogen) atoms. The summed E-state index contributed by atoms with van der Waals surface area (Å²) >= 11 is 1.50. The largest absolute Gasteiger partial charge is 0.287 e. The molecule has 0 aliphatic rings. The highest BCUT2D eigenvalue weighted by Crippen LogP contribution is 2.12. The SMILES string of the molecule is CCCCCCCCCCCCS(=O)(=O)ONC(=C=Cc1cccs1)C#N. The molecule has 0 radical (unpaired) electrons. The zero-order valence-electron chi connectivity index (χ0n) is 16.1. The highest BCUT2D eigenvalue weighted by molar-refractivity contribution is 7.86. The molecule has 0 fully saturated rings. The van der Waals surface area contributed by atoms with Crippen molar-refractivity contribution in [1.29, 1.82) is 5.26 Å². The summed E-state index contributed by atoms with van der Waals surface area (Å²) in [6.45, 7) is 2.21. The Morgan fingerprint density at radius 2 is 1.78 bits per heavy atom. The molecular weight excluding hydrogens is 380 g/mol. The van der Waals surface area contributed by atoms with Gasteiger partial charge in [-0.1, -0.05) is 76.5 Å². The molecule has 0 spiro atoms. The van der Waals surface area contributed by atoms with Crippen molar-refractivity contribution in [2.45, 2.75) is 71.1 Å². The molecule has 1 heterocycles. The molecule has 0 aromatic carbocycles. The second kappa shape index (κ2) is 14.5. The summed E-state index contributed by atoms with van der Waals surface area (Å²) in [7, 11) is -3.70. The zero-order chi connectivity index (χ0) is 19.8. The van der Waals surface area contributed by atoms with Gasteiger partial charge in [0.25, 0.3) is 10.1 Å². The highest BCUT2D eigenvalue weighted by Gasteiger charge is 2.12. The summed E-state index contributed by atoms with van der Waals surface area (Å²) in [5.74, 6) is -0.0517. The van der Waals surface area contributed by atoms with Gasteiger partial charge in [0.05, 0.1) is 5.75 Å². The summed E-state index contributed by atoms with van der Waals surface area (Å²) < 4.78 is 28.5. The molecule has 0 aliphatic heterocycles. The van der Waals surface area contributed by atoms with Crippen molar-refractivity contribution in [3.05, 3.63) is 33.8 Å². The molecule has 1 N–H and O–H groups in total. The third kappa shape index (κ3) is 12.4. The maximum absolute atomic E-state index is 11.9. The van der Waals surface area contributed by atoms with Gasteiger partial charge in [0.2, 0.25) is 0 Å². The zero-order valence-corrected chi connectivity index (χ0v) is 17.7. The Morgan fingerprint density at radius 3 is 2.33 bits per heavy atom. The van der Waals surface area contributed by atoms with E-state index in [-0.39, 0.29) is 11.4 Å². The number of hydrogen-bond donors (Lipinski definition) is 1. The van der Waals surface area contributed by atoms with Gasteiger partial charge in [-0.25, -0.2) is 5.48 Å². The van der Waals surface area contributed by atoms with Crippen molar-refractivity contribution >= 4 is 27.5 Å². The minimum Gasteiger partial charge on any atom is -0.231 e. The van der Waals surface area contributed by atoms with Crippen LogP contribution < -0.4 is 5.48 Å². The quantitative estimate of drug-likeness (QED) is 0.178. The lowest BCUT2D eigenvalue weighted by Crippen LogP contribution is -2.21. The van der Waals surface area contributed by atoms with Gasteiger partial charge in [-0.3, -0.25) is 0 Å². The number of hydroxylamine groups is 1. The van der Waals surface area contributed by atoms with Gasteiger partial charge in [0, 0.05) is 11.0 Å². The van der Waals surface area contributed by atoms with Crippen LogP contribution in [0, 0.1) is 11.3 Å². The molecule has 0 saturated carbocycles. The second-order valence-corrected chi connectivity index (χ2v) is 9.09. The number of rotatable bonds is 15. The Bertz CT molecular complexity index is 713. The van der Waals surface area contributed by atoms with Crippen LogP contribution in [0.25, 0.3) is 6.08 Å². The Balaban J connectivity index is 2.18. The molecule has 1 aromatic rings. The van der Waals surface area contributed by atoms with E-state index in [1.165, 1.54) is 49.9 Å². The molecule has 0 bridgehead atoms. The van der Waals surface area contributed by atoms with Crippen molar-refractivity contribution in [2.24, 2.45) is 0 Å². The van der Waals surface area contributed by atoms with Crippen LogP contribution in [-0.2, 0) is 14.4 Å². The molecule has 7 heteroatoms. The first-order chi connectivity index (χ1) is 13.1. The molecular formula is C20H30N2O3S2. The lowest BCUT2D eigenvalue weighted by molar-refractivity contribution is 0.241. The highest BCUT2D eigenvalue weighted by atomic mass is 32.2. The van der Waals surface area contributed by atoms with E-state index in [4.69, 9.17) is 9.55 Å². The van der Waals surface area contributed by atoms with Gasteiger partial charge < -0.3 is 0 Å². The lowest BCUT2D eigenvalue weighted by Gasteiger charge is -2.05. The second-order valence-electron chi connectivity index (χ2n) is 6.42. The van der Waals surface area contributed by atoms with Crippen LogP contribution in [-0.4, -0.2) is 14.2 Å². The van der Waals surface area contributed by atoms with E-state index < -0.39 is 10.1 Å². The number of nitriles is 1. The van der Waals surface area contributed by atoms with Crippen LogP contribution in [0.3, 0.4) is 0 Å². The van der Waals surface area contributed by atoms with Crippen molar-refractivity contribution in [1.82, 2.24) is 5.48 Å². The molecule has 1 aromatic heterocycles. The minimum absolute atomic E-state index is 0.0517. The third-order valence-electron chi connectivity index (χ3n) is 4.03. The summed E-state index contributed by atoms with van der Waals surface area (Å²) in [5.41, 5.74) is 4.81. The Kier molecular flexibility index (Phi) is 12.6. The summed E-state index contributed by atoms with van der Waals surface area (Å²) in [6, 6.07) is 5.57. The fourth-order valence-corrected chi connectivity index (χ4v) is 3.96. The molecule has 1 rings (SSSR count). The Morgan fingerprint density at radius 1 is 1.15 bits per heavy atom. The minimum atomic E-state index is -3.70. The first-order valence-corrected chi connectivity index (χ1v) is 12.1. The van der Waals surface area contributed by atoms with E-state index in [0.717, 1.165) is 24.1 Å². The fraction of sp³-hybridized carbons (Fsp3) is 0.600. The molecule has 0 saturated heterocycles. The van der Waals surface area contributed by atoms with Crippen LogP contribution in [0.2, 0.25) is 0 Å². The predicted molar refractivity (Wildman–Crippen MR) is 111 cm³/mol. The maximum Gasteiger partial charge on any atom is 0.287 e. The number of allylic oxidation sites excluding steroid dienone is 1. The third-order valence-corrected chi connectivity index (χ3v) is 5.98. The van der Waals surface area contributed by atoms with E-state index >= 15 is 0 Å². The molecule has 0 atom stereocenters. The van der Waals surface area contributed by atoms with Gasteiger partial charge >= 0.3 is 0 Å². The van der Waals surface area contributed by atoms with Crippen molar-refractivity contribution < 1.29 is 12.7 Å². The van der Waals surface area contributed by atoms with E-state index in [1.807, 2.05) is 23.6 Å². The first-order valence-electron chi connectivity index (χ1n) is 9.65. The number of thiophene rings is 1. The fourth-order valence-electron chi connectivity index (χ4n) is 2.51. The van der Waals surface area contributed by atoms with Gasteiger partial charge in [-0.05, 0) is 17.9 Å². The van der Waals surface area contributed by atoms with Crippen LogP contribution in [0.15, 0.2) is 28.9 Å². The number of unbranched alkanes of at least 4 members (excludes halogenated alkanes) is 9. The van der Waals surface area contributed by atoms with E-state index in [0.29, 0.717) is 6.42 Å². The normalized spacial score (nSPS) is 10.8. The average Bonchev–Trinajstić information content (AvgIpc) is 3.17. The molecule has 5 nitrogen and oxygen atoms in total. The van der Waals surface area contributed by atoms with Gasteiger partial charge in [-0.2, -0.15) is 13.7 Å². The topological polar surface area (TPSA) is 79.2 Å². The maximum atomic E-state index is 11.9. The summed E-state index contributed by atoms with van der Waals surface area (Å²) in [5, 5.41) is 10.9. The monoisotopic (exact) mass is 410 g/mol. The number of nitrogens with one attached hydrogen (secondary N) is 1. The molecule has 150 valence electrons. The van der Waals surface area contributed by atoms with Crippen LogP contribution in [0.1, 0.15) is 76.0 Å². The summed E-state index contributed by atoms with van der Waals surface area (Å²) in [4.78, 5) is 0.915. The van der Waals surface area contributed by atoms with Crippen molar-refractivity contribution in [2.75, 3.05) is 5.75 Å². The van der Waals surface area contributed by atoms with Crippen LogP contribution in [0.4, 0.5) is 0 Å². The van der Waals surface area contributed by atoms with Crippen molar-refractivity contribution in [3.63, 3.8) is 0 Å². The predicted octanol–water partition coefficient (Wildman–Crippen LogP) is 5.54. The average molecular weight is 411 g/mol. The number of hydrogen-bond acceptors (Lipinski definition) is 6.